The first kappa shape index (κ1) is 21.7. The van der Waals surface area contributed by atoms with Crippen molar-refractivity contribution in [3.8, 4) is 6.07 Å². The molecule has 2 heterocycles. The zero-order valence-corrected chi connectivity index (χ0v) is 18.2. The van der Waals surface area contributed by atoms with Crippen LogP contribution in [0.2, 0.25) is 0 Å². The molecule has 0 aliphatic carbocycles. The lowest BCUT2D eigenvalue weighted by Crippen LogP contribution is -2.41. The minimum absolute atomic E-state index is 0.0154. The third kappa shape index (κ3) is 4.15. The maximum absolute atomic E-state index is 13.0. The smallest absolute Gasteiger partial charge is 0.336 e. The quantitative estimate of drug-likeness (QED) is 0.609. The first-order valence-corrected chi connectivity index (χ1v) is 11.6. The molecular formula is C23H21N3O5S. The minimum atomic E-state index is -3.81. The lowest BCUT2D eigenvalue weighted by molar-refractivity contribution is -0.120. The number of carbonyl (C=O) groups excluding carboxylic acids is 1. The zero-order valence-electron chi connectivity index (χ0n) is 17.4. The molecule has 0 radical (unpaired) electrons. The molecule has 9 heteroatoms. The number of sulfonamides is 1. The van der Waals surface area contributed by atoms with Gasteiger partial charge in [-0.3, -0.25) is 4.79 Å². The first-order chi connectivity index (χ1) is 15.3. The molecule has 164 valence electrons. The van der Waals surface area contributed by atoms with E-state index in [9.17, 15) is 23.3 Å². The van der Waals surface area contributed by atoms with Crippen LogP contribution in [0.3, 0.4) is 0 Å². The Balaban J connectivity index is 1.44. The van der Waals surface area contributed by atoms with Crippen LogP contribution < -0.4 is 10.9 Å². The number of nitrogens with zero attached hydrogens (tertiary/aromatic N) is 2. The Kier molecular flexibility index (Phi) is 5.82. The summed E-state index contributed by atoms with van der Waals surface area (Å²) >= 11 is 0. The van der Waals surface area contributed by atoms with Crippen molar-refractivity contribution >= 4 is 32.6 Å². The lowest BCUT2D eigenvalue weighted by atomic mass is 9.97. The van der Waals surface area contributed by atoms with Gasteiger partial charge in [0.25, 0.3) is 0 Å². The average Bonchev–Trinajstić information content (AvgIpc) is 2.78. The number of nitriles is 1. The number of hydrogen-bond donors (Lipinski definition) is 1. The maximum atomic E-state index is 13.0. The van der Waals surface area contributed by atoms with Crippen molar-refractivity contribution in [3.05, 3.63) is 70.1 Å². The van der Waals surface area contributed by atoms with Crippen molar-refractivity contribution < 1.29 is 17.6 Å². The van der Waals surface area contributed by atoms with Crippen LogP contribution in [0.4, 0.5) is 5.69 Å². The van der Waals surface area contributed by atoms with Gasteiger partial charge in [0.1, 0.15) is 11.7 Å². The Hall–Kier alpha value is -3.48. The van der Waals surface area contributed by atoms with Crippen molar-refractivity contribution in [1.82, 2.24) is 4.31 Å². The van der Waals surface area contributed by atoms with Crippen LogP contribution in [0.1, 0.15) is 24.0 Å². The molecule has 0 atom stereocenters. The Labute approximate surface area is 185 Å². The number of hydrogen-bond acceptors (Lipinski definition) is 6. The molecule has 1 fully saturated rings. The number of carbonyl (C=O) groups is 1. The van der Waals surface area contributed by atoms with E-state index in [-0.39, 0.29) is 35.4 Å². The predicted molar refractivity (Wildman–Crippen MR) is 118 cm³/mol. The standard InChI is InChI=1S/C23H21N3O5S/c1-15-12-22(27)31-20-13-18(6-7-19(15)20)25-23(28)16-8-10-26(11-9-16)32(29,30)21-5-3-2-4-17(21)14-24/h2-7,12-13,16H,8-11H2,1H3,(H,25,28). The number of anilines is 1. The topological polar surface area (TPSA) is 120 Å². The van der Waals surface area contributed by atoms with Crippen LogP contribution >= 0.6 is 0 Å². The van der Waals surface area contributed by atoms with E-state index in [4.69, 9.17) is 4.42 Å². The molecule has 1 N–H and O–H groups in total. The van der Waals surface area contributed by atoms with E-state index in [2.05, 4.69) is 5.32 Å². The minimum Gasteiger partial charge on any atom is -0.423 e. The van der Waals surface area contributed by atoms with Gasteiger partial charge in [0.15, 0.2) is 0 Å². The van der Waals surface area contributed by atoms with Crippen LogP contribution in [-0.2, 0) is 14.8 Å². The van der Waals surface area contributed by atoms with Crippen molar-refractivity contribution in [1.29, 1.82) is 5.26 Å². The van der Waals surface area contributed by atoms with Gasteiger partial charge in [-0.05, 0) is 49.6 Å². The van der Waals surface area contributed by atoms with Crippen molar-refractivity contribution in [2.45, 2.75) is 24.7 Å². The van der Waals surface area contributed by atoms with Crippen LogP contribution in [0, 0.1) is 24.2 Å². The Morgan fingerprint density at radius 3 is 2.59 bits per heavy atom. The molecule has 1 saturated heterocycles. The second kappa shape index (κ2) is 8.57. The summed E-state index contributed by atoms with van der Waals surface area (Å²) in [5.74, 6) is -0.568. The molecule has 8 nitrogen and oxygen atoms in total. The molecule has 2 aromatic carbocycles. The number of amides is 1. The van der Waals surface area contributed by atoms with Gasteiger partial charge in [-0.2, -0.15) is 9.57 Å². The highest BCUT2D eigenvalue weighted by Gasteiger charge is 2.33. The van der Waals surface area contributed by atoms with Gasteiger partial charge >= 0.3 is 5.63 Å². The van der Waals surface area contributed by atoms with Crippen LogP contribution in [-0.4, -0.2) is 31.7 Å². The van der Waals surface area contributed by atoms with E-state index in [1.54, 1.807) is 30.3 Å². The van der Waals surface area contributed by atoms with E-state index in [1.807, 2.05) is 13.0 Å². The summed E-state index contributed by atoms with van der Waals surface area (Å²) in [6, 6.07) is 14.6. The van der Waals surface area contributed by atoms with Crippen molar-refractivity contribution in [2.75, 3.05) is 18.4 Å². The second-order valence-electron chi connectivity index (χ2n) is 7.73. The summed E-state index contributed by atoms with van der Waals surface area (Å²) in [5.41, 5.74) is 1.34. The summed E-state index contributed by atoms with van der Waals surface area (Å²) in [4.78, 5) is 24.3. The lowest BCUT2D eigenvalue weighted by Gasteiger charge is -2.30. The normalized spacial score (nSPS) is 15.4. The Morgan fingerprint density at radius 1 is 1.16 bits per heavy atom. The van der Waals surface area contributed by atoms with Crippen molar-refractivity contribution in [2.24, 2.45) is 5.92 Å². The fourth-order valence-electron chi connectivity index (χ4n) is 3.93. The second-order valence-corrected chi connectivity index (χ2v) is 9.64. The summed E-state index contributed by atoms with van der Waals surface area (Å²) in [7, 11) is -3.81. The fourth-order valence-corrected chi connectivity index (χ4v) is 5.54. The van der Waals surface area contributed by atoms with Gasteiger partial charge in [-0.25, -0.2) is 13.2 Å². The van der Waals surface area contributed by atoms with E-state index in [0.717, 1.165) is 10.9 Å². The molecule has 3 aromatic rings. The van der Waals surface area contributed by atoms with Crippen molar-refractivity contribution in [3.63, 3.8) is 0 Å². The highest BCUT2D eigenvalue weighted by molar-refractivity contribution is 7.89. The van der Waals surface area contributed by atoms with Crippen LogP contribution in [0.25, 0.3) is 11.0 Å². The number of rotatable bonds is 4. The number of fused-ring (bicyclic) bond motifs is 1. The molecule has 1 amide bonds. The van der Waals surface area contributed by atoms with Gasteiger partial charge in [0.2, 0.25) is 15.9 Å². The summed E-state index contributed by atoms with van der Waals surface area (Å²) < 4.78 is 32.4. The molecule has 0 bridgehead atoms. The Bertz CT molecular complexity index is 1400. The van der Waals surface area contributed by atoms with E-state index < -0.39 is 15.6 Å². The molecule has 0 unspecified atom stereocenters. The molecular weight excluding hydrogens is 430 g/mol. The van der Waals surface area contributed by atoms with Gasteiger partial charge < -0.3 is 9.73 Å². The number of aryl methyl sites for hydroxylation is 1. The summed E-state index contributed by atoms with van der Waals surface area (Å²) in [6.07, 6.45) is 0.725. The van der Waals surface area contributed by atoms with E-state index in [1.165, 1.54) is 22.5 Å². The number of piperidine rings is 1. The fraction of sp³-hybridized carbons (Fsp3) is 0.261. The summed E-state index contributed by atoms with van der Waals surface area (Å²) in [6.45, 7) is 2.19. The number of nitrogens with one attached hydrogen (secondary N) is 1. The number of benzene rings is 2. The van der Waals surface area contributed by atoms with Crippen LogP contribution in [0.15, 0.2) is 62.6 Å². The largest absolute Gasteiger partial charge is 0.423 e. The SMILES string of the molecule is Cc1cc(=O)oc2cc(NC(=O)C3CCN(S(=O)(=O)c4ccccc4C#N)CC3)ccc12. The van der Waals surface area contributed by atoms with Gasteiger partial charge in [-0.15, -0.1) is 0 Å². The molecule has 0 saturated carbocycles. The zero-order chi connectivity index (χ0) is 22.9. The highest BCUT2D eigenvalue weighted by atomic mass is 32.2. The maximum Gasteiger partial charge on any atom is 0.336 e. The molecule has 1 aromatic heterocycles. The summed E-state index contributed by atoms with van der Waals surface area (Å²) in [5, 5.41) is 12.8. The molecule has 0 spiro atoms. The third-order valence-electron chi connectivity index (χ3n) is 5.67. The molecule has 32 heavy (non-hydrogen) atoms. The van der Waals surface area contributed by atoms with Gasteiger partial charge in [0, 0.05) is 42.2 Å². The Morgan fingerprint density at radius 2 is 1.88 bits per heavy atom. The van der Waals surface area contributed by atoms with Gasteiger partial charge in [-0.1, -0.05) is 12.1 Å². The molecule has 1 aliphatic rings. The highest BCUT2D eigenvalue weighted by Crippen LogP contribution is 2.27. The van der Waals surface area contributed by atoms with E-state index >= 15 is 0 Å². The average molecular weight is 452 g/mol. The third-order valence-corrected chi connectivity index (χ3v) is 7.63. The van der Waals surface area contributed by atoms with E-state index in [0.29, 0.717) is 24.1 Å². The van der Waals surface area contributed by atoms with Crippen LogP contribution in [0.5, 0.6) is 0 Å². The predicted octanol–water partition coefficient (Wildman–Crippen LogP) is 3.01. The van der Waals surface area contributed by atoms with Gasteiger partial charge in [0.05, 0.1) is 10.5 Å². The molecule has 4 rings (SSSR count). The monoisotopic (exact) mass is 451 g/mol. The first-order valence-electron chi connectivity index (χ1n) is 10.1. The molecule has 1 aliphatic heterocycles.